The summed E-state index contributed by atoms with van der Waals surface area (Å²) in [5, 5.41) is 11.1. The van der Waals surface area contributed by atoms with Crippen LogP contribution in [0, 0.1) is 6.92 Å². The van der Waals surface area contributed by atoms with E-state index in [-0.39, 0.29) is 18.4 Å². The minimum absolute atomic E-state index is 0.0778. The lowest BCUT2D eigenvalue weighted by Gasteiger charge is -2.24. The Labute approximate surface area is 161 Å². The van der Waals surface area contributed by atoms with Gasteiger partial charge < -0.3 is 10.2 Å². The maximum absolute atomic E-state index is 12.8. The van der Waals surface area contributed by atoms with Gasteiger partial charge in [-0.3, -0.25) is 14.3 Å². The van der Waals surface area contributed by atoms with Gasteiger partial charge in [-0.05, 0) is 25.8 Å². The lowest BCUT2D eigenvalue weighted by Crippen LogP contribution is -2.46. The summed E-state index contributed by atoms with van der Waals surface area (Å²) in [7, 11) is 0. The Morgan fingerprint density at radius 3 is 3.00 bits per heavy atom. The van der Waals surface area contributed by atoms with Crippen LogP contribution >= 0.6 is 11.3 Å². The standard InChI is InChI=1S/C19H21N5O2S/c1-13-22-15(12-27-13)10-20-19(26)17-7-4-8-23(17)18(25)11-24-16-6-3-2-5-14(16)9-21-24/h2-3,5-6,9,12,17H,4,7-8,10-11H2,1H3,(H,20,26). The first-order valence-electron chi connectivity index (χ1n) is 9.00. The molecule has 2 aromatic heterocycles. The first kappa shape index (κ1) is 17.7. The van der Waals surface area contributed by atoms with E-state index in [1.54, 1.807) is 27.1 Å². The molecule has 3 aromatic rings. The number of hydrogen-bond acceptors (Lipinski definition) is 5. The summed E-state index contributed by atoms with van der Waals surface area (Å²) in [6.07, 6.45) is 3.28. The fourth-order valence-corrected chi connectivity index (χ4v) is 4.11. The fourth-order valence-electron chi connectivity index (χ4n) is 3.49. The molecule has 0 spiro atoms. The van der Waals surface area contributed by atoms with E-state index < -0.39 is 6.04 Å². The SMILES string of the molecule is Cc1nc(CNC(=O)C2CCCN2C(=O)Cn2ncc3ccccc32)cs1. The molecular formula is C19H21N5O2S. The van der Waals surface area contributed by atoms with Gasteiger partial charge in [0.2, 0.25) is 11.8 Å². The van der Waals surface area contributed by atoms with Crippen molar-refractivity contribution in [1.82, 2.24) is 25.0 Å². The molecule has 0 saturated carbocycles. The topological polar surface area (TPSA) is 80.1 Å². The fraction of sp³-hybridized carbons (Fsp3) is 0.368. The smallest absolute Gasteiger partial charge is 0.245 e. The average Bonchev–Trinajstić information content (AvgIpc) is 3.40. The molecule has 3 heterocycles. The van der Waals surface area contributed by atoms with Crippen LogP contribution in [-0.2, 0) is 22.7 Å². The summed E-state index contributed by atoms with van der Waals surface area (Å²) in [5.41, 5.74) is 1.77. The molecule has 8 heteroatoms. The first-order chi connectivity index (χ1) is 13.1. The highest BCUT2D eigenvalue weighted by Gasteiger charge is 2.34. The summed E-state index contributed by atoms with van der Waals surface area (Å²) >= 11 is 1.56. The first-order valence-corrected chi connectivity index (χ1v) is 9.88. The normalized spacial score (nSPS) is 16.8. The number of likely N-dealkylation sites (tertiary alicyclic amines) is 1. The molecule has 1 aromatic carbocycles. The number of aromatic nitrogens is 3. The second kappa shape index (κ2) is 7.48. The zero-order valence-corrected chi connectivity index (χ0v) is 15.9. The van der Waals surface area contributed by atoms with E-state index in [9.17, 15) is 9.59 Å². The summed E-state index contributed by atoms with van der Waals surface area (Å²) in [4.78, 5) is 31.5. The number of aryl methyl sites for hydroxylation is 1. The molecule has 140 valence electrons. The maximum Gasteiger partial charge on any atom is 0.245 e. The number of nitrogens with one attached hydrogen (secondary N) is 1. The van der Waals surface area contributed by atoms with Crippen molar-refractivity contribution in [2.45, 2.75) is 38.9 Å². The third-order valence-corrected chi connectivity index (χ3v) is 5.64. The van der Waals surface area contributed by atoms with E-state index in [0.717, 1.165) is 28.0 Å². The summed E-state index contributed by atoms with van der Waals surface area (Å²) in [5.74, 6) is -0.192. The van der Waals surface area contributed by atoms with Crippen molar-refractivity contribution in [1.29, 1.82) is 0 Å². The van der Waals surface area contributed by atoms with Crippen molar-refractivity contribution in [3.63, 3.8) is 0 Å². The highest BCUT2D eigenvalue weighted by atomic mass is 32.1. The Bertz CT molecular complexity index is 979. The summed E-state index contributed by atoms with van der Waals surface area (Å²) < 4.78 is 1.70. The van der Waals surface area contributed by atoms with Gasteiger partial charge in [-0.2, -0.15) is 5.10 Å². The van der Waals surface area contributed by atoms with Gasteiger partial charge in [0, 0.05) is 17.3 Å². The molecule has 0 radical (unpaired) electrons. The second-order valence-corrected chi connectivity index (χ2v) is 7.74. The second-order valence-electron chi connectivity index (χ2n) is 6.68. The number of benzene rings is 1. The number of amides is 2. The van der Waals surface area contributed by atoms with Crippen LogP contribution in [0.15, 0.2) is 35.8 Å². The molecule has 7 nitrogen and oxygen atoms in total. The number of para-hydroxylation sites is 1. The van der Waals surface area contributed by atoms with Gasteiger partial charge in [-0.25, -0.2) is 4.98 Å². The third kappa shape index (κ3) is 3.71. The highest BCUT2D eigenvalue weighted by Crippen LogP contribution is 2.19. The zero-order chi connectivity index (χ0) is 18.8. The summed E-state index contributed by atoms with van der Waals surface area (Å²) in [6.45, 7) is 3.08. The van der Waals surface area contributed by atoms with E-state index in [1.165, 1.54) is 0 Å². The van der Waals surface area contributed by atoms with Crippen LogP contribution in [-0.4, -0.2) is 44.1 Å². The van der Waals surface area contributed by atoms with Crippen molar-refractivity contribution < 1.29 is 9.59 Å². The van der Waals surface area contributed by atoms with Gasteiger partial charge in [0.05, 0.1) is 29.0 Å². The molecule has 1 atom stereocenters. The van der Waals surface area contributed by atoms with Crippen LogP contribution in [0.3, 0.4) is 0 Å². The van der Waals surface area contributed by atoms with Crippen LogP contribution in [0.2, 0.25) is 0 Å². The monoisotopic (exact) mass is 383 g/mol. The molecule has 0 aliphatic carbocycles. The van der Waals surface area contributed by atoms with Crippen LogP contribution in [0.1, 0.15) is 23.5 Å². The van der Waals surface area contributed by atoms with Crippen molar-refractivity contribution in [2.24, 2.45) is 0 Å². The van der Waals surface area contributed by atoms with Crippen molar-refractivity contribution in [2.75, 3.05) is 6.54 Å². The number of fused-ring (bicyclic) bond motifs is 1. The van der Waals surface area contributed by atoms with Crippen LogP contribution in [0.5, 0.6) is 0 Å². The molecule has 2 amide bonds. The van der Waals surface area contributed by atoms with E-state index in [4.69, 9.17) is 0 Å². The number of nitrogens with zero attached hydrogens (tertiary/aromatic N) is 4. The molecule has 1 saturated heterocycles. The van der Waals surface area contributed by atoms with Crippen LogP contribution in [0.25, 0.3) is 10.9 Å². The molecule has 1 unspecified atom stereocenters. The van der Waals surface area contributed by atoms with Crippen molar-refractivity contribution in [3.8, 4) is 0 Å². The largest absolute Gasteiger partial charge is 0.349 e. The number of thiazole rings is 1. The minimum atomic E-state index is -0.418. The number of rotatable bonds is 5. The molecule has 1 fully saturated rings. The van der Waals surface area contributed by atoms with Gasteiger partial charge in [-0.1, -0.05) is 18.2 Å². The number of hydrogen-bond donors (Lipinski definition) is 1. The van der Waals surface area contributed by atoms with Crippen LogP contribution < -0.4 is 5.32 Å². The molecule has 0 bridgehead atoms. The average molecular weight is 383 g/mol. The molecule has 27 heavy (non-hydrogen) atoms. The number of carbonyl (C=O) groups excluding carboxylic acids is 2. The van der Waals surface area contributed by atoms with E-state index in [0.29, 0.717) is 19.5 Å². The van der Waals surface area contributed by atoms with Crippen molar-refractivity contribution in [3.05, 3.63) is 46.5 Å². The lowest BCUT2D eigenvalue weighted by molar-refractivity contribution is -0.139. The maximum atomic E-state index is 12.8. The lowest BCUT2D eigenvalue weighted by atomic mass is 10.2. The Hall–Kier alpha value is -2.74. The van der Waals surface area contributed by atoms with Gasteiger partial charge in [0.1, 0.15) is 12.6 Å². The minimum Gasteiger partial charge on any atom is -0.349 e. The van der Waals surface area contributed by atoms with Gasteiger partial charge in [0.15, 0.2) is 0 Å². The quantitative estimate of drug-likeness (QED) is 0.732. The Morgan fingerprint density at radius 1 is 1.33 bits per heavy atom. The number of carbonyl (C=O) groups is 2. The van der Waals surface area contributed by atoms with E-state index >= 15 is 0 Å². The Kier molecular flexibility index (Phi) is 4.89. The molecule has 1 aliphatic heterocycles. The molecule has 4 rings (SSSR count). The zero-order valence-electron chi connectivity index (χ0n) is 15.1. The third-order valence-electron chi connectivity index (χ3n) is 4.82. The highest BCUT2D eigenvalue weighted by molar-refractivity contribution is 7.09. The summed E-state index contributed by atoms with van der Waals surface area (Å²) in [6, 6.07) is 7.37. The van der Waals surface area contributed by atoms with Gasteiger partial charge >= 0.3 is 0 Å². The molecule has 1 aliphatic rings. The predicted molar refractivity (Wildman–Crippen MR) is 103 cm³/mol. The molecular weight excluding hydrogens is 362 g/mol. The Morgan fingerprint density at radius 2 is 2.19 bits per heavy atom. The molecule has 1 N–H and O–H groups in total. The van der Waals surface area contributed by atoms with Crippen LogP contribution in [0.4, 0.5) is 0 Å². The van der Waals surface area contributed by atoms with E-state index in [2.05, 4.69) is 15.4 Å². The van der Waals surface area contributed by atoms with Gasteiger partial charge in [0.25, 0.3) is 0 Å². The van der Waals surface area contributed by atoms with Gasteiger partial charge in [-0.15, -0.1) is 11.3 Å². The predicted octanol–water partition coefficient (Wildman–Crippen LogP) is 2.11. The van der Waals surface area contributed by atoms with Crippen molar-refractivity contribution >= 4 is 34.1 Å². The van der Waals surface area contributed by atoms with E-state index in [1.807, 2.05) is 36.6 Å². The Balaban J connectivity index is 1.41.